The van der Waals surface area contributed by atoms with Gasteiger partial charge in [-0.25, -0.2) is 0 Å². The molecule has 29 heavy (non-hydrogen) atoms. The standard InChI is InChI=1S/C20H28N4O4S/c25-19(8-4-9-23-11-13-28-14-12-23)24-10-3-5-16(15-24)20-21-17-6-1-2-7-18(17)29(26,27)22-20/h1-2,6-7,16H,3-5,8-15H2,(H,21,22). The van der Waals surface area contributed by atoms with Crippen molar-refractivity contribution < 1.29 is 17.9 Å². The third-order valence-electron chi connectivity index (χ3n) is 5.78. The largest absolute Gasteiger partial charge is 0.379 e. The molecular formula is C20H28N4O4S. The summed E-state index contributed by atoms with van der Waals surface area (Å²) in [6.07, 6.45) is 3.02. The number of carbonyl (C=O) groups is 1. The van der Waals surface area contributed by atoms with E-state index in [4.69, 9.17) is 4.74 Å². The number of anilines is 1. The summed E-state index contributed by atoms with van der Waals surface area (Å²) in [4.78, 5) is 17.1. The number of piperidine rings is 1. The number of hydrogen-bond donors (Lipinski definition) is 1. The lowest BCUT2D eigenvalue weighted by Gasteiger charge is -2.34. The summed E-state index contributed by atoms with van der Waals surface area (Å²) in [5, 5.41) is 3.18. The molecule has 1 N–H and O–H groups in total. The molecule has 0 aliphatic carbocycles. The Morgan fingerprint density at radius 1 is 1.21 bits per heavy atom. The minimum absolute atomic E-state index is 0.0879. The van der Waals surface area contributed by atoms with Gasteiger partial charge >= 0.3 is 0 Å². The molecule has 1 amide bonds. The van der Waals surface area contributed by atoms with E-state index < -0.39 is 10.0 Å². The van der Waals surface area contributed by atoms with E-state index in [0.717, 1.165) is 58.7 Å². The maximum absolute atomic E-state index is 12.7. The molecule has 0 saturated carbocycles. The molecule has 8 nitrogen and oxygen atoms in total. The lowest BCUT2D eigenvalue weighted by Crippen LogP contribution is -2.45. The number of sulfonamides is 1. The van der Waals surface area contributed by atoms with Crippen LogP contribution >= 0.6 is 0 Å². The molecular weight excluding hydrogens is 392 g/mol. The third-order valence-corrected chi connectivity index (χ3v) is 7.12. The molecule has 0 spiro atoms. The molecule has 3 heterocycles. The first-order valence-electron chi connectivity index (χ1n) is 10.3. The first-order valence-corrected chi connectivity index (χ1v) is 11.8. The molecule has 158 valence electrons. The van der Waals surface area contributed by atoms with Gasteiger partial charge in [0.1, 0.15) is 10.7 Å². The topological polar surface area (TPSA) is 91.3 Å². The van der Waals surface area contributed by atoms with Crippen LogP contribution in [0.3, 0.4) is 0 Å². The Morgan fingerprint density at radius 2 is 2.00 bits per heavy atom. The third kappa shape index (κ3) is 4.79. The summed E-state index contributed by atoms with van der Waals surface area (Å²) in [5.41, 5.74) is 0.562. The van der Waals surface area contributed by atoms with E-state index in [1.807, 2.05) is 4.90 Å². The van der Waals surface area contributed by atoms with Gasteiger partial charge in [0.25, 0.3) is 10.0 Å². The molecule has 0 bridgehead atoms. The zero-order valence-electron chi connectivity index (χ0n) is 16.5. The molecule has 0 radical (unpaired) electrons. The predicted molar refractivity (Wildman–Crippen MR) is 110 cm³/mol. The molecule has 0 aromatic heterocycles. The summed E-state index contributed by atoms with van der Waals surface area (Å²) in [6, 6.07) is 6.80. The van der Waals surface area contributed by atoms with Crippen molar-refractivity contribution in [2.75, 3.05) is 51.3 Å². The number of amidine groups is 1. The molecule has 2 saturated heterocycles. The number of rotatable bonds is 5. The van der Waals surface area contributed by atoms with Crippen molar-refractivity contribution in [3.63, 3.8) is 0 Å². The zero-order chi connectivity index (χ0) is 20.3. The van der Waals surface area contributed by atoms with Gasteiger partial charge in [-0.1, -0.05) is 12.1 Å². The first-order chi connectivity index (χ1) is 14.0. The van der Waals surface area contributed by atoms with Crippen molar-refractivity contribution in [3.8, 4) is 0 Å². The van der Waals surface area contributed by atoms with Crippen molar-refractivity contribution in [2.24, 2.45) is 10.3 Å². The van der Waals surface area contributed by atoms with E-state index in [1.165, 1.54) is 0 Å². The van der Waals surface area contributed by atoms with E-state index in [0.29, 0.717) is 24.5 Å². The quantitative estimate of drug-likeness (QED) is 0.777. The molecule has 3 aliphatic heterocycles. The zero-order valence-corrected chi connectivity index (χ0v) is 17.4. The summed E-state index contributed by atoms with van der Waals surface area (Å²) in [5.74, 6) is 0.507. The minimum atomic E-state index is -3.70. The van der Waals surface area contributed by atoms with E-state index in [-0.39, 0.29) is 16.7 Å². The Kier molecular flexibility index (Phi) is 6.17. The van der Waals surface area contributed by atoms with Crippen molar-refractivity contribution in [1.29, 1.82) is 0 Å². The number of carbonyl (C=O) groups excluding carboxylic acids is 1. The predicted octanol–water partition coefficient (Wildman–Crippen LogP) is 1.55. The molecule has 1 aromatic carbocycles. The van der Waals surface area contributed by atoms with Gasteiger partial charge in [-0.2, -0.15) is 8.42 Å². The second-order valence-corrected chi connectivity index (χ2v) is 9.38. The number of hydrogen-bond acceptors (Lipinski definition) is 6. The molecule has 2 fully saturated rings. The number of nitrogens with zero attached hydrogens (tertiary/aromatic N) is 3. The van der Waals surface area contributed by atoms with Crippen molar-refractivity contribution >= 4 is 27.5 Å². The highest BCUT2D eigenvalue weighted by Gasteiger charge is 2.32. The Hall–Kier alpha value is -1.97. The normalized spacial score (nSPS) is 24.3. The molecule has 9 heteroatoms. The van der Waals surface area contributed by atoms with Crippen LogP contribution in [0.15, 0.2) is 33.6 Å². The second kappa shape index (κ2) is 8.81. The molecule has 3 aliphatic rings. The first kappa shape index (κ1) is 20.3. The van der Waals surface area contributed by atoms with Crippen molar-refractivity contribution in [2.45, 2.75) is 30.6 Å². The van der Waals surface area contributed by atoms with Gasteiger partial charge in [-0.3, -0.25) is 9.69 Å². The van der Waals surface area contributed by atoms with Crippen LogP contribution < -0.4 is 5.32 Å². The van der Waals surface area contributed by atoms with Gasteiger partial charge in [0, 0.05) is 38.5 Å². The van der Waals surface area contributed by atoms with E-state index in [9.17, 15) is 13.2 Å². The lowest BCUT2D eigenvalue weighted by atomic mass is 9.96. The number of fused-ring (bicyclic) bond motifs is 1. The molecule has 1 aromatic rings. The van der Waals surface area contributed by atoms with Crippen LogP contribution in [0, 0.1) is 5.92 Å². The van der Waals surface area contributed by atoms with Crippen LogP contribution in [0.5, 0.6) is 0 Å². The van der Waals surface area contributed by atoms with Crippen LogP contribution in [0.25, 0.3) is 0 Å². The Bertz CT molecular complexity index is 880. The van der Waals surface area contributed by atoms with E-state index in [1.54, 1.807) is 24.3 Å². The maximum Gasteiger partial charge on any atom is 0.286 e. The number of morpholine rings is 1. The monoisotopic (exact) mass is 420 g/mol. The highest BCUT2D eigenvalue weighted by molar-refractivity contribution is 7.90. The van der Waals surface area contributed by atoms with Crippen LogP contribution in [-0.2, 0) is 19.6 Å². The summed E-state index contributed by atoms with van der Waals surface area (Å²) >= 11 is 0. The van der Waals surface area contributed by atoms with Crippen molar-refractivity contribution in [3.05, 3.63) is 24.3 Å². The maximum atomic E-state index is 12.7. The number of para-hydroxylation sites is 1. The molecule has 1 atom stereocenters. The molecule has 1 unspecified atom stereocenters. The van der Waals surface area contributed by atoms with E-state index in [2.05, 4.69) is 14.6 Å². The van der Waals surface area contributed by atoms with Gasteiger partial charge in [0.15, 0.2) is 0 Å². The highest BCUT2D eigenvalue weighted by atomic mass is 32.2. The van der Waals surface area contributed by atoms with Crippen LogP contribution in [0.1, 0.15) is 25.7 Å². The molecule has 4 rings (SSSR count). The number of likely N-dealkylation sites (tertiary alicyclic amines) is 1. The second-order valence-electron chi connectivity index (χ2n) is 7.81. The summed E-state index contributed by atoms with van der Waals surface area (Å²) in [6.45, 7) is 5.55. The fraction of sp³-hybridized carbons (Fsp3) is 0.600. The van der Waals surface area contributed by atoms with Crippen LogP contribution in [-0.4, -0.2) is 75.9 Å². The summed E-state index contributed by atoms with van der Waals surface area (Å²) < 4.78 is 34.4. The van der Waals surface area contributed by atoms with Crippen LogP contribution in [0.2, 0.25) is 0 Å². The van der Waals surface area contributed by atoms with Gasteiger partial charge in [0.2, 0.25) is 5.91 Å². The number of benzene rings is 1. The average Bonchev–Trinajstić information content (AvgIpc) is 2.74. The SMILES string of the molecule is O=C(CCCN1CCOCC1)N1CCCC(C2=NS(=O)(=O)c3ccccc3N2)C1. The lowest BCUT2D eigenvalue weighted by molar-refractivity contribution is -0.132. The highest BCUT2D eigenvalue weighted by Crippen LogP contribution is 2.30. The van der Waals surface area contributed by atoms with Crippen LogP contribution in [0.4, 0.5) is 5.69 Å². The average molecular weight is 421 g/mol. The minimum Gasteiger partial charge on any atom is -0.379 e. The van der Waals surface area contributed by atoms with Gasteiger partial charge < -0.3 is 15.0 Å². The van der Waals surface area contributed by atoms with Crippen molar-refractivity contribution in [1.82, 2.24) is 9.80 Å². The Balaban J connectivity index is 1.35. The number of amides is 1. The van der Waals surface area contributed by atoms with Gasteiger partial charge in [0.05, 0.1) is 18.9 Å². The number of ether oxygens (including phenoxy) is 1. The number of nitrogens with one attached hydrogen (secondary N) is 1. The Labute approximate surface area is 172 Å². The van der Waals surface area contributed by atoms with Gasteiger partial charge in [-0.05, 0) is 37.9 Å². The fourth-order valence-corrected chi connectivity index (χ4v) is 5.37. The van der Waals surface area contributed by atoms with Gasteiger partial charge in [-0.15, -0.1) is 4.40 Å². The van der Waals surface area contributed by atoms with E-state index >= 15 is 0 Å². The Morgan fingerprint density at radius 3 is 2.83 bits per heavy atom. The smallest absolute Gasteiger partial charge is 0.286 e. The summed E-state index contributed by atoms with van der Waals surface area (Å²) in [7, 11) is -3.70. The fourth-order valence-electron chi connectivity index (χ4n) is 4.17.